The number of amides is 1. The number of anilines is 2. The lowest BCUT2D eigenvalue weighted by Crippen LogP contribution is -2.35. The van der Waals surface area contributed by atoms with Gasteiger partial charge in [-0.3, -0.25) is 4.79 Å². The molecule has 8 heteroatoms. The van der Waals surface area contributed by atoms with E-state index in [1.165, 1.54) is 11.1 Å². The Bertz CT molecular complexity index is 1300. The highest BCUT2D eigenvalue weighted by Crippen LogP contribution is 2.22. The maximum absolute atomic E-state index is 13.3. The van der Waals surface area contributed by atoms with Crippen molar-refractivity contribution < 1.29 is 4.79 Å². The van der Waals surface area contributed by atoms with Gasteiger partial charge >= 0.3 is 0 Å². The molecule has 1 aliphatic rings. The topological polar surface area (TPSA) is 88.0 Å². The fourth-order valence-electron chi connectivity index (χ4n) is 4.49. The zero-order valence-corrected chi connectivity index (χ0v) is 20.7. The summed E-state index contributed by atoms with van der Waals surface area (Å²) in [6, 6.07) is 21.6. The van der Waals surface area contributed by atoms with E-state index in [0.717, 1.165) is 42.4 Å². The van der Waals surface area contributed by atoms with Crippen LogP contribution in [0.2, 0.25) is 0 Å². The van der Waals surface area contributed by atoms with Crippen molar-refractivity contribution in [3.63, 3.8) is 0 Å². The lowest BCUT2D eigenvalue weighted by Gasteiger charge is -2.29. The first-order valence-corrected chi connectivity index (χ1v) is 12.3. The number of carbonyl (C=O) groups is 1. The second kappa shape index (κ2) is 10.7. The Labute approximate surface area is 211 Å². The molecule has 4 aromatic rings. The summed E-state index contributed by atoms with van der Waals surface area (Å²) in [7, 11) is 0. The van der Waals surface area contributed by atoms with Crippen molar-refractivity contribution in [2.75, 3.05) is 23.3 Å². The zero-order valence-electron chi connectivity index (χ0n) is 20.7. The van der Waals surface area contributed by atoms with Crippen LogP contribution >= 0.6 is 0 Å². The van der Waals surface area contributed by atoms with Crippen molar-refractivity contribution in [3.8, 4) is 0 Å². The number of aryl methyl sites for hydroxylation is 2. The van der Waals surface area contributed by atoms with Gasteiger partial charge < -0.3 is 20.1 Å². The SMILES string of the molecule is Cc1ccc(CCN[C@H](C(=O)Nc2ccc(N3CCn4c(C)nnc4C3)cn2)c2ccccc2)cc1. The van der Waals surface area contributed by atoms with Gasteiger partial charge in [0.25, 0.3) is 0 Å². The quantitative estimate of drug-likeness (QED) is 0.398. The first-order chi connectivity index (χ1) is 17.6. The summed E-state index contributed by atoms with van der Waals surface area (Å²) >= 11 is 0. The number of hydrogen-bond donors (Lipinski definition) is 2. The molecule has 2 aromatic heterocycles. The van der Waals surface area contributed by atoms with Gasteiger partial charge in [-0.2, -0.15) is 0 Å². The number of pyridine rings is 1. The number of aromatic nitrogens is 4. The molecule has 1 aliphatic heterocycles. The second-order valence-corrected chi connectivity index (χ2v) is 9.16. The third kappa shape index (κ3) is 5.44. The highest BCUT2D eigenvalue weighted by molar-refractivity contribution is 5.94. The number of hydrogen-bond acceptors (Lipinski definition) is 6. The second-order valence-electron chi connectivity index (χ2n) is 9.16. The van der Waals surface area contributed by atoms with E-state index in [1.54, 1.807) is 6.20 Å². The van der Waals surface area contributed by atoms with Crippen LogP contribution in [0.3, 0.4) is 0 Å². The maximum atomic E-state index is 13.3. The molecule has 3 heterocycles. The fraction of sp³-hybridized carbons (Fsp3) is 0.286. The summed E-state index contributed by atoms with van der Waals surface area (Å²) < 4.78 is 2.15. The predicted molar refractivity (Wildman–Crippen MR) is 141 cm³/mol. The van der Waals surface area contributed by atoms with E-state index in [1.807, 2.05) is 49.4 Å². The van der Waals surface area contributed by atoms with Crippen LogP contribution in [0.15, 0.2) is 72.9 Å². The van der Waals surface area contributed by atoms with Gasteiger partial charge in [0.2, 0.25) is 5.91 Å². The van der Waals surface area contributed by atoms with E-state index < -0.39 is 6.04 Å². The molecule has 8 nitrogen and oxygen atoms in total. The summed E-state index contributed by atoms with van der Waals surface area (Å²) in [6.45, 7) is 7.14. The molecule has 0 bridgehead atoms. The Morgan fingerprint density at radius 3 is 2.53 bits per heavy atom. The number of nitrogens with zero attached hydrogens (tertiary/aromatic N) is 5. The molecule has 0 saturated heterocycles. The Hall–Kier alpha value is -4.04. The molecule has 0 unspecified atom stereocenters. The highest BCUT2D eigenvalue weighted by Gasteiger charge is 2.22. The molecule has 0 radical (unpaired) electrons. The molecule has 0 aliphatic carbocycles. The maximum Gasteiger partial charge on any atom is 0.247 e. The molecule has 0 fully saturated rings. The van der Waals surface area contributed by atoms with Crippen LogP contribution in [-0.2, 0) is 24.3 Å². The van der Waals surface area contributed by atoms with E-state index in [9.17, 15) is 4.79 Å². The van der Waals surface area contributed by atoms with E-state index in [4.69, 9.17) is 0 Å². The largest absolute Gasteiger partial charge is 0.361 e. The zero-order chi connectivity index (χ0) is 24.9. The molecule has 5 rings (SSSR count). The minimum atomic E-state index is -0.477. The van der Waals surface area contributed by atoms with E-state index in [0.29, 0.717) is 18.9 Å². The van der Waals surface area contributed by atoms with E-state index in [-0.39, 0.29) is 5.91 Å². The third-order valence-corrected chi connectivity index (χ3v) is 6.58. The number of nitrogens with one attached hydrogen (secondary N) is 2. The molecule has 184 valence electrons. The van der Waals surface area contributed by atoms with Crippen LogP contribution in [0, 0.1) is 13.8 Å². The molecule has 36 heavy (non-hydrogen) atoms. The van der Waals surface area contributed by atoms with Crippen molar-refractivity contribution >= 4 is 17.4 Å². The first kappa shape index (κ1) is 23.7. The molecule has 1 atom stereocenters. The van der Waals surface area contributed by atoms with Crippen LogP contribution in [0.5, 0.6) is 0 Å². The number of rotatable bonds is 8. The van der Waals surface area contributed by atoms with Gasteiger partial charge in [0.15, 0.2) is 5.82 Å². The minimum absolute atomic E-state index is 0.132. The Morgan fingerprint density at radius 1 is 0.972 bits per heavy atom. The molecule has 2 aromatic carbocycles. The van der Waals surface area contributed by atoms with Gasteiger partial charge in [0.1, 0.15) is 17.7 Å². The monoisotopic (exact) mass is 481 g/mol. The molecular formula is C28H31N7O. The van der Waals surface area contributed by atoms with Crippen molar-refractivity contribution in [3.05, 3.63) is 101 Å². The average molecular weight is 482 g/mol. The van der Waals surface area contributed by atoms with Crippen molar-refractivity contribution in [2.24, 2.45) is 0 Å². The van der Waals surface area contributed by atoms with Crippen molar-refractivity contribution in [1.82, 2.24) is 25.1 Å². The van der Waals surface area contributed by atoms with Gasteiger partial charge in [-0.05, 0) is 43.5 Å². The van der Waals surface area contributed by atoms with Gasteiger partial charge in [-0.1, -0.05) is 60.2 Å². The van der Waals surface area contributed by atoms with Crippen LogP contribution in [-0.4, -0.2) is 38.7 Å². The molecular weight excluding hydrogens is 450 g/mol. The van der Waals surface area contributed by atoms with Gasteiger partial charge in [0.05, 0.1) is 18.4 Å². The van der Waals surface area contributed by atoms with Gasteiger partial charge in [0, 0.05) is 19.6 Å². The number of benzene rings is 2. The predicted octanol–water partition coefficient (Wildman–Crippen LogP) is 3.82. The number of carbonyl (C=O) groups excluding carboxylic acids is 1. The Kier molecular flexibility index (Phi) is 7.04. The molecule has 0 saturated carbocycles. The molecule has 1 amide bonds. The van der Waals surface area contributed by atoms with Crippen LogP contribution in [0.4, 0.5) is 11.5 Å². The van der Waals surface area contributed by atoms with Gasteiger partial charge in [-0.15, -0.1) is 10.2 Å². The number of fused-ring (bicyclic) bond motifs is 1. The third-order valence-electron chi connectivity index (χ3n) is 6.58. The summed E-state index contributed by atoms with van der Waals surface area (Å²) in [5.74, 6) is 2.30. The Morgan fingerprint density at radius 2 is 1.78 bits per heavy atom. The first-order valence-electron chi connectivity index (χ1n) is 12.3. The van der Waals surface area contributed by atoms with Gasteiger partial charge in [-0.25, -0.2) is 4.98 Å². The van der Waals surface area contributed by atoms with E-state index >= 15 is 0 Å². The average Bonchev–Trinajstić information content (AvgIpc) is 3.28. The summed E-state index contributed by atoms with van der Waals surface area (Å²) in [5, 5.41) is 14.9. The Balaban J connectivity index is 1.23. The van der Waals surface area contributed by atoms with Crippen LogP contribution in [0.25, 0.3) is 0 Å². The lowest BCUT2D eigenvalue weighted by molar-refractivity contribution is -0.118. The van der Waals surface area contributed by atoms with Crippen molar-refractivity contribution in [2.45, 2.75) is 39.4 Å². The molecule has 0 spiro atoms. The molecule has 2 N–H and O–H groups in total. The lowest BCUT2D eigenvalue weighted by atomic mass is 10.1. The van der Waals surface area contributed by atoms with Crippen LogP contribution < -0.4 is 15.5 Å². The van der Waals surface area contributed by atoms with Crippen molar-refractivity contribution in [1.29, 1.82) is 0 Å². The summed E-state index contributed by atoms with van der Waals surface area (Å²) in [6.07, 6.45) is 2.64. The normalized spacial score (nSPS) is 13.8. The van der Waals surface area contributed by atoms with E-state index in [2.05, 4.69) is 66.5 Å². The standard InChI is InChI=1S/C28H31N7O/c1-20-8-10-22(11-9-20)14-15-29-27(23-6-4-3-5-7-23)28(36)31-25-13-12-24(18-30-25)34-16-17-35-21(2)32-33-26(35)19-34/h3-13,18,27,29H,14-17,19H2,1-2H3,(H,30,31,36)/t27-/m0/s1. The summed E-state index contributed by atoms with van der Waals surface area (Å²) in [4.78, 5) is 20.0. The smallest absolute Gasteiger partial charge is 0.247 e. The minimum Gasteiger partial charge on any atom is -0.361 e. The van der Waals surface area contributed by atoms with Crippen LogP contribution in [0.1, 0.15) is 34.4 Å². The fourth-order valence-corrected chi connectivity index (χ4v) is 4.49. The summed E-state index contributed by atoms with van der Waals surface area (Å²) in [5.41, 5.74) is 4.40. The highest BCUT2D eigenvalue weighted by atomic mass is 16.2.